The van der Waals surface area contributed by atoms with Crippen molar-refractivity contribution in [1.82, 2.24) is 4.90 Å². The van der Waals surface area contributed by atoms with Crippen molar-refractivity contribution in [2.24, 2.45) is 0 Å². The lowest BCUT2D eigenvalue weighted by Gasteiger charge is -2.17. The van der Waals surface area contributed by atoms with Gasteiger partial charge in [0, 0.05) is 6.54 Å². The Kier molecular flexibility index (Phi) is 6.37. The molecule has 0 amide bonds. The van der Waals surface area contributed by atoms with Crippen molar-refractivity contribution in [3.05, 3.63) is 23.8 Å². The molecule has 1 aromatic rings. The summed E-state index contributed by atoms with van der Waals surface area (Å²) in [6.07, 6.45) is 6.64. The number of benzene rings is 1. The lowest BCUT2D eigenvalue weighted by atomic mass is 9.98. The zero-order valence-electron chi connectivity index (χ0n) is 13.7. The zero-order valence-corrected chi connectivity index (χ0v) is 13.7. The predicted octanol–water partition coefficient (Wildman–Crippen LogP) is 4.07. The molecule has 1 unspecified atom stereocenters. The summed E-state index contributed by atoms with van der Waals surface area (Å²) in [5, 5.41) is 0. The molecule has 3 nitrogen and oxygen atoms in total. The van der Waals surface area contributed by atoms with E-state index < -0.39 is 0 Å². The lowest BCUT2D eigenvalue weighted by Crippen LogP contribution is -2.21. The standard InChI is InChI=1S/C18H29NO2/c1-4-5-6-7-11-19-12-10-16(14-19)15-8-9-17(20-2)18(13-15)21-3/h8-9,13,16H,4-7,10-12,14H2,1-3H3. The van der Waals surface area contributed by atoms with Crippen LogP contribution in [0.15, 0.2) is 18.2 Å². The van der Waals surface area contributed by atoms with Crippen molar-refractivity contribution < 1.29 is 9.47 Å². The Morgan fingerprint density at radius 2 is 1.90 bits per heavy atom. The van der Waals surface area contributed by atoms with Crippen molar-refractivity contribution in [2.75, 3.05) is 33.9 Å². The summed E-state index contributed by atoms with van der Waals surface area (Å²) < 4.78 is 10.7. The molecule has 0 aliphatic carbocycles. The summed E-state index contributed by atoms with van der Waals surface area (Å²) in [5.74, 6) is 2.29. The number of rotatable bonds is 8. The van der Waals surface area contributed by atoms with Crippen molar-refractivity contribution >= 4 is 0 Å². The van der Waals surface area contributed by atoms with E-state index in [0.717, 1.165) is 11.5 Å². The predicted molar refractivity (Wildman–Crippen MR) is 87.5 cm³/mol. The molecule has 21 heavy (non-hydrogen) atoms. The van der Waals surface area contributed by atoms with Crippen molar-refractivity contribution in [2.45, 2.75) is 44.9 Å². The summed E-state index contributed by atoms with van der Waals surface area (Å²) in [6, 6.07) is 6.36. The molecule has 1 aliphatic heterocycles. The number of hydrogen-bond acceptors (Lipinski definition) is 3. The molecule has 0 spiro atoms. The average Bonchev–Trinajstić information content (AvgIpc) is 2.99. The molecule has 1 saturated heterocycles. The van der Waals surface area contributed by atoms with Gasteiger partial charge in [0.05, 0.1) is 14.2 Å². The maximum absolute atomic E-state index is 5.42. The van der Waals surface area contributed by atoms with Gasteiger partial charge in [-0.25, -0.2) is 0 Å². The Bertz CT molecular complexity index is 433. The van der Waals surface area contributed by atoms with Crippen LogP contribution in [0.25, 0.3) is 0 Å². The quantitative estimate of drug-likeness (QED) is 0.674. The highest BCUT2D eigenvalue weighted by atomic mass is 16.5. The molecule has 2 rings (SSSR count). The highest BCUT2D eigenvalue weighted by Crippen LogP contribution is 2.34. The van der Waals surface area contributed by atoms with Crippen LogP contribution in [0.4, 0.5) is 0 Å². The van der Waals surface area contributed by atoms with E-state index in [1.165, 1.54) is 57.3 Å². The Labute approximate surface area is 129 Å². The lowest BCUT2D eigenvalue weighted by molar-refractivity contribution is 0.324. The normalized spacial score (nSPS) is 18.9. The minimum absolute atomic E-state index is 0.635. The van der Waals surface area contributed by atoms with Crippen LogP contribution in [0.3, 0.4) is 0 Å². The number of ether oxygens (including phenoxy) is 2. The highest BCUT2D eigenvalue weighted by molar-refractivity contribution is 5.44. The van der Waals surface area contributed by atoms with Crippen LogP contribution < -0.4 is 9.47 Å². The zero-order chi connectivity index (χ0) is 15.1. The molecule has 1 heterocycles. The Morgan fingerprint density at radius 3 is 2.62 bits per heavy atom. The molecule has 0 N–H and O–H groups in total. The topological polar surface area (TPSA) is 21.7 Å². The molecular formula is C18H29NO2. The van der Waals surface area contributed by atoms with Gasteiger partial charge >= 0.3 is 0 Å². The van der Waals surface area contributed by atoms with Crippen LogP contribution in [-0.2, 0) is 0 Å². The molecular weight excluding hydrogens is 262 g/mol. The number of unbranched alkanes of at least 4 members (excludes halogenated alkanes) is 3. The molecule has 1 fully saturated rings. The molecule has 0 aromatic heterocycles. The van der Waals surface area contributed by atoms with Crippen LogP contribution in [0.2, 0.25) is 0 Å². The maximum Gasteiger partial charge on any atom is 0.160 e. The third kappa shape index (κ3) is 4.37. The summed E-state index contributed by atoms with van der Waals surface area (Å²) in [7, 11) is 3.39. The second-order valence-electron chi connectivity index (χ2n) is 5.96. The first-order valence-electron chi connectivity index (χ1n) is 8.22. The SMILES string of the molecule is CCCCCCN1CCC(c2ccc(OC)c(OC)c2)C1. The second-order valence-corrected chi connectivity index (χ2v) is 5.96. The van der Waals surface area contributed by atoms with Crippen LogP contribution in [-0.4, -0.2) is 38.8 Å². The van der Waals surface area contributed by atoms with Gasteiger partial charge in [-0.05, 0) is 49.5 Å². The van der Waals surface area contributed by atoms with Crippen LogP contribution in [0.1, 0.15) is 50.5 Å². The van der Waals surface area contributed by atoms with E-state index in [2.05, 4.69) is 24.0 Å². The smallest absolute Gasteiger partial charge is 0.160 e. The van der Waals surface area contributed by atoms with Gasteiger partial charge in [-0.1, -0.05) is 32.3 Å². The van der Waals surface area contributed by atoms with E-state index in [0.29, 0.717) is 5.92 Å². The van der Waals surface area contributed by atoms with Gasteiger partial charge in [0.15, 0.2) is 11.5 Å². The third-order valence-corrected chi connectivity index (χ3v) is 4.48. The van der Waals surface area contributed by atoms with Gasteiger partial charge < -0.3 is 14.4 Å². The summed E-state index contributed by atoms with van der Waals surface area (Å²) in [5.41, 5.74) is 1.38. The fraction of sp³-hybridized carbons (Fsp3) is 0.667. The summed E-state index contributed by atoms with van der Waals surface area (Å²) >= 11 is 0. The van der Waals surface area contributed by atoms with E-state index in [1.807, 2.05) is 6.07 Å². The van der Waals surface area contributed by atoms with Crippen LogP contribution in [0, 0.1) is 0 Å². The van der Waals surface area contributed by atoms with E-state index in [-0.39, 0.29) is 0 Å². The first kappa shape index (κ1) is 16.2. The number of hydrogen-bond donors (Lipinski definition) is 0. The summed E-state index contributed by atoms with van der Waals surface area (Å²) in [4.78, 5) is 2.61. The molecule has 0 radical (unpaired) electrons. The van der Waals surface area contributed by atoms with Crippen molar-refractivity contribution in [1.29, 1.82) is 0 Å². The fourth-order valence-electron chi connectivity index (χ4n) is 3.18. The summed E-state index contributed by atoms with van der Waals surface area (Å²) in [6.45, 7) is 5.93. The molecule has 3 heteroatoms. The van der Waals surface area contributed by atoms with Crippen molar-refractivity contribution in [3.63, 3.8) is 0 Å². The molecule has 1 aliphatic rings. The van der Waals surface area contributed by atoms with E-state index in [9.17, 15) is 0 Å². The fourth-order valence-corrected chi connectivity index (χ4v) is 3.18. The van der Waals surface area contributed by atoms with Crippen LogP contribution in [0.5, 0.6) is 11.5 Å². The molecule has 0 bridgehead atoms. The van der Waals surface area contributed by atoms with E-state index >= 15 is 0 Å². The van der Waals surface area contributed by atoms with Gasteiger partial charge in [0.1, 0.15) is 0 Å². The molecule has 0 saturated carbocycles. The van der Waals surface area contributed by atoms with Gasteiger partial charge in [-0.2, -0.15) is 0 Å². The monoisotopic (exact) mass is 291 g/mol. The number of nitrogens with zero attached hydrogens (tertiary/aromatic N) is 1. The van der Waals surface area contributed by atoms with Crippen molar-refractivity contribution in [3.8, 4) is 11.5 Å². The Morgan fingerprint density at radius 1 is 1.10 bits per heavy atom. The minimum atomic E-state index is 0.635. The van der Waals surface area contributed by atoms with Gasteiger partial charge in [-0.15, -0.1) is 0 Å². The maximum atomic E-state index is 5.42. The van der Waals surface area contributed by atoms with Crippen LogP contribution >= 0.6 is 0 Å². The first-order chi connectivity index (χ1) is 10.3. The average molecular weight is 291 g/mol. The van der Waals surface area contributed by atoms with Gasteiger partial charge in [-0.3, -0.25) is 0 Å². The number of likely N-dealkylation sites (tertiary alicyclic amines) is 1. The molecule has 118 valence electrons. The Hall–Kier alpha value is -1.22. The minimum Gasteiger partial charge on any atom is -0.493 e. The molecule has 1 aromatic carbocycles. The van der Waals surface area contributed by atoms with Gasteiger partial charge in [0.25, 0.3) is 0 Å². The largest absolute Gasteiger partial charge is 0.493 e. The Balaban J connectivity index is 1.89. The number of methoxy groups -OCH3 is 2. The molecule has 1 atom stereocenters. The first-order valence-corrected chi connectivity index (χ1v) is 8.22. The second kappa shape index (κ2) is 8.28. The van der Waals surface area contributed by atoms with E-state index in [1.54, 1.807) is 14.2 Å². The van der Waals surface area contributed by atoms with Gasteiger partial charge in [0.2, 0.25) is 0 Å². The van der Waals surface area contributed by atoms with E-state index in [4.69, 9.17) is 9.47 Å². The third-order valence-electron chi connectivity index (χ3n) is 4.48. The highest BCUT2D eigenvalue weighted by Gasteiger charge is 2.24.